The highest BCUT2D eigenvalue weighted by molar-refractivity contribution is 6.30. The highest BCUT2D eigenvalue weighted by atomic mass is 35.5. The van der Waals surface area contributed by atoms with Crippen molar-refractivity contribution in [3.8, 4) is 0 Å². The Hall–Kier alpha value is -1.62. The molecule has 0 aliphatic carbocycles. The molecule has 0 aliphatic rings. The van der Waals surface area contributed by atoms with Crippen LogP contribution in [0, 0.1) is 12.7 Å². The number of hydrogen-bond donors (Lipinski definition) is 2. The average molecular weight is 269 g/mol. The lowest BCUT2D eigenvalue weighted by molar-refractivity contribution is 0.623. The summed E-state index contributed by atoms with van der Waals surface area (Å²) in [6.45, 7) is 2.63. The Morgan fingerprint density at radius 3 is 2.94 bits per heavy atom. The molecule has 0 unspecified atom stereocenters. The number of aryl methyl sites for hydroxylation is 2. The first-order valence-electron chi connectivity index (χ1n) is 5.70. The summed E-state index contributed by atoms with van der Waals surface area (Å²) >= 11 is 5.62. The van der Waals surface area contributed by atoms with Crippen LogP contribution in [0.2, 0.25) is 5.02 Å². The maximum Gasteiger partial charge on any atom is 0.166 e. The smallest absolute Gasteiger partial charge is 0.166 e. The zero-order chi connectivity index (χ0) is 13.0. The summed E-state index contributed by atoms with van der Waals surface area (Å²) in [5.41, 5.74) is 2.26. The fourth-order valence-electron chi connectivity index (χ4n) is 1.66. The van der Waals surface area contributed by atoms with Gasteiger partial charge in [0.2, 0.25) is 0 Å². The lowest BCUT2D eigenvalue weighted by Crippen LogP contribution is -2.06. The summed E-state index contributed by atoms with van der Waals surface area (Å²) in [7, 11) is 0. The topological polar surface area (TPSA) is 53.6 Å². The number of H-pyrrole nitrogens is 1. The number of anilines is 1. The molecule has 18 heavy (non-hydrogen) atoms. The minimum Gasteiger partial charge on any atom is -0.368 e. The van der Waals surface area contributed by atoms with Crippen molar-refractivity contribution in [2.24, 2.45) is 0 Å². The molecule has 6 heteroatoms. The van der Waals surface area contributed by atoms with E-state index in [1.54, 1.807) is 0 Å². The fourth-order valence-corrected chi connectivity index (χ4v) is 1.80. The van der Waals surface area contributed by atoms with Gasteiger partial charge in [-0.15, -0.1) is 0 Å². The molecule has 0 spiro atoms. The van der Waals surface area contributed by atoms with Gasteiger partial charge in [-0.2, -0.15) is 5.10 Å². The molecular formula is C12H14ClFN4. The van der Waals surface area contributed by atoms with Crippen LogP contribution in [0.1, 0.15) is 17.7 Å². The van der Waals surface area contributed by atoms with E-state index in [9.17, 15) is 4.39 Å². The second kappa shape index (κ2) is 5.82. The number of nitrogens with zero attached hydrogens (tertiary/aromatic N) is 2. The van der Waals surface area contributed by atoms with E-state index < -0.39 is 5.82 Å². The van der Waals surface area contributed by atoms with Crippen molar-refractivity contribution in [2.45, 2.75) is 19.8 Å². The van der Waals surface area contributed by atoms with Crippen molar-refractivity contribution in [1.29, 1.82) is 0 Å². The average Bonchev–Trinajstić information content (AvgIpc) is 2.73. The van der Waals surface area contributed by atoms with E-state index in [-0.39, 0.29) is 5.82 Å². The molecule has 0 atom stereocenters. The minimum atomic E-state index is -0.429. The van der Waals surface area contributed by atoms with Crippen LogP contribution in [0.25, 0.3) is 0 Å². The summed E-state index contributed by atoms with van der Waals surface area (Å²) in [5.74, 6) is -0.190. The number of rotatable bonds is 5. The molecule has 0 radical (unpaired) electrons. The second-order valence-corrected chi connectivity index (χ2v) is 4.47. The van der Waals surface area contributed by atoms with Gasteiger partial charge in [0.15, 0.2) is 11.6 Å². The van der Waals surface area contributed by atoms with Gasteiger partial charge in [-0.3, -0.25) is 5.10 Å². The van der Waals surface area contributed by atoms with Crippen LogP contribution >= 0.6 is 11.6 Å². The highest BCUT2D eigenvalue weighted by Gasteiger charge is 2.04. The molecule has 0 fully saturated rings. The van der Waals surface area contributed by atoms with Gasteiger partial charge < -0.3 is 5.32 Å². The molecule has 0 saturated carbocycles. The van der Waals surface area contributed by atoms with Gasteiger partial charge in [0.05, 0.1) is 11.2 Å². The van der Waals surface area contributed by atoms with E-state index in [0.717, 1.165) is 18.5 Å². The van der Waals surface area contributed by atoms with Crippen LogP contribution in [0.5, 0.6) is 0 Å². The Morgan fingerprint density at radius 1 is 1.44 bits per heavy atom. The van der Waals surface area contributed by atoms with Crippen molar-refractivity contribution in [1.82, 2.24) is 15.2 Å². The van der Waals surface area contributed by atoms with Crippen LogP contribution in [-0.2, 0) is 6.42 Å². The molecule has 96 valence electrons. The summed E-state index contributed by atoms with van der Waals surface area (Å²) in [4.78, 5) is 3.89. The van der Waals surface area contributed by atoms with Gasteiger partial charge in [-0.25, -0.2) is 9.37 Å². The first kappa shape index (κ1) is 12.8. The Kier molecular flexibility index (Phi) is 4.15. The molecule has 0 aliphatic heterocycles. The Labute approximate surface area is 110 Å². The molecule has 2 N–H and O–H groups in total. The van der Waals surface area contributed by atoms with E-state index in [4.69, 9.17) is 11.6 Å². The zero-order valence-corrected chi connectivity index (χ0v) is 10.8. The van der Waals surface area contributed by atoms with Crippen LogP contribution < -0.4 is 5.32 Å². The monoisotopic (exact) mass is 268 g/mol. The first-order chi connectivity index (χ1) is 8.66. The lowest BCUT2D eigenvalue weighted by atomic mass is 10.1. The van der Waals surface area contributed by atoms with Crippen molar-refractivity contribution in [3.63, 3.8) is 0 Å². The summed E-state index contributed by atoms with van der Waals surface area (Å²) in [5, 5.41) is 10.1. The predicted molar refractivity (Wildman–Crippen MR) is 69.3 cm³/mol. The molecule has 0 saturated heterocycles. The summed E-state index contributed by atoms with van der Waals surface area (Å²) in [6, 6.07) is 1.25. The summed E-state index contributed by atoms with van der Waals surface area (Å²) < 4.78 is 13.4. The molecular weight excluding hydrogens is 255 g/mol. The molecule has 2 aromatic rings. The third kappa shape index (κ3) is 3.20. The van der Waals surface area contributed by atoms with Crippen molar-refractivity contribution in [3.05, 3.63) is 40.6 Å². The number of aromatic nitrogens is 3. The number of halogens is 2. The Morgan fingerprint density at radius 2 is 2.28 bits per heavy atom. The van der Waals surface area contributed by atoms with Crippen LogP contribution in [0.15, 0.2) is 18.5 Å². The quantitative estimate of drug-likeness (QED) is 0.820. The van der Waals surface area contributed by atoms with Gasteiger partial charge in [-0.05, 0) is 31.4 Å². The molecule has 4 nitrogen and oxygen atoms in total. The van der Waals surface area contributed by atoms with Gasteiger partial charge >= 0.3 is 0 Å². The van der Waals surface area contributed by atoms with E-state index in [0.29, 0.717) is 11.6 Å². The van der Waals surface area contributed by atoms with E-state index >= 15 is 0 Å². The van der Waals surface area contributed by atoms with E-state index in [1.165, 1.54) is 17.8 Å². The van der Waals surface area contributed by atoms with Crippen molar-refractivity contribution < 1.29 is 4.39 Å². The molecule has 2 rings (SSSR count). The number of nitrogens with one attached hydrogen (secondary N) is 2. The van der Waals surface area contributed by atoms with Crippen LogP contribution in [0.4, 0.5) is 10.2 Å². The Bertz CT molecular complexity index is 527. The molecule has 0 amide bonds. The van der Waals surface area contributed by atoms with E-state index in [2.05, 4.69) is 20.5 Å². The minimum absolute atomic E-state index is 0.239. The van der Waals surface area contributed by atoms with Gasteiger partial charge in [-0.1, -0.05) is 11.6 Å². The molecule has 0 bridgehead atoms. The van der Waals surface area contributed by atoms with Crippen LogP contribution in [-0.4, -0.2) is 21.7 Å². The third-order valence-electron chi connectivity index (χ3n) is 2.66. The van der Waals surface area contributed by atoms with E-state index in [1.807, 2.05) is 13.1 Å². The maximum absolute atomic E-state index is 13.4. The second-order valence-electron chi connectivity index (χ2n) is 4.03. The molecule has 2 aromatic heterocycles. The SMILES string of the molecule is Cc1[nH]ncc1CCCNc1ncc(Cl)cc1F. The van der Waals surface area contributed by atoms with Gasteiger partial charge in [0, 0.05) is 18.4 Å². The zero-order valence-electron chi connectivity index (χ0n) is 10.0. The molecule has 2 heterocycles. The first-order valence-corrected chi connectivity index (χ1v) is 6.08. The maximum atomic E-state index is 13.4. The number of aromatic amines is 1. The summed E-state index contributed by atoms with van der Waals surface area (Å²) in [6.07, 6.45) is 5.01. The highest BCUT2D eigenvalue weighted by Crippen LogP contribution is 2.15. The fraction of sp³-hybridized carbons (Fsp3) is 0.333. The largest absolute Gasteiger partial charge is 0.368 e. The van der Waals surface area contributed by atoms with Gasteiger partial charge in [0.1, 0.15) is 0 Å². The normalized spacial score (nSPS) is 10.6. The number of pyridine rings is 1. The van der Waals surface area contributed by atoms with Gasteiger partial charge in [0.25, 0.3) is 0 Å². The molecule has 0 aromatic carbocycles. The van der Waals surface area contributed by atoms with Crippen LogP contribution in [0.3, 0.4) is 0 Å². The lowest BCUT2D eigenvalue weighted by Gasteiger charge is -2.06. The third-order valence-corrected chi connectivity index (χ3v) is 2.86. The number of hydrogen-bond acceptors (Lipinski definition) is 3. The Balaban J connectivity index is 1.80. The standard InChI is InChI=1S/C12H14ClFN4/c1-8-9(6-17-18-8)3-2-4-15-12-11(14)5-10(13)7-16-12/h5-7H,2-4H2,1H3,(H,15,16)(H,17,18). The van der Waals surface area contributed by atoms with Crippen molar-refractivity contribution >= 4 is 17.4 Å². The predicted octanol–water partition coefficient (Wildman–Crippen LogP) is 2.95. The van der Waals surface area contributed by atoms with Crippen molar-refractivity contribution in [2.75, 3.05) is 11.9 Å².